The van der Waals surface area contributed by atoms with Gasteiger partial charge in [-0.05, 0) is 31.0 Å². The molecule has 1 aliphatic carbocycles. The van der Waals surface area contributed by atoms with Gasteiger partial charge in [-0.15, -0.1) is 0 Å². The van der Waals surface area contributed by atoms with Crippen molar-refractivity contribution in [1.29, 1.82) is 0 Å². The highest BCUT2D eigenvalue weighted by Crippen LogP contribution is 2.37. The topological polar surface area (TPSA) is 32.3 Å². The summed E-state index contributed by atoms with van der Waals surface area (Å²) in [5.74, 6) is -0.655. The Balaban J connectivity index is 1.79. The van der Waals surface area contributed by atoms with Crippen LogP contribution in [0, 0.1) is 5.82 Å². The molecule has 1 amide bonds. The largest absolute Gasteiger partial charge is 0.336 e. The average molecular weight is 269 g/mol. The van der Waals surface area contributed by atoms with Gasteiger partial charge in [0.2, 0.25) is 0 Å². The van der Waals surface area contributed by atoms with Crippen molar-refractivity contribution >= 4 is 17.5 Å². The average Bonchev–Trinajstić information content (AvgIpc) is 3.11. The minimum atomic E-state index is -0.543. The van der Waals surface area contributed by atoms with E-state index in [1.54, 1.807) is 11.0 Å². The molecule has 2 fully saturated rings. The number of hydrogen-bond acceptors (Lipinski definition) is 2. The van der Waals surface area contributed by atoms with Crippen molar-refractivity contribution in [2.45, 2.75) is 18.4 Å². The molecule has 1 spiro atoms. The van der Waals surface area contributed by atoms with E-state index in [-0.39, 0.29) is 16.5 Å². The zero-order valence-electron chi connectivity index (χ0n) is 9.88. The molecule has 1 heterocycles. The van der Waals surface area contributed by atoms with Gasteiger partial charge in [-0.2, -0.15) is 0 Å². The Morgan fingerprint density at radius 3 is 2.89 bits per heavy atom. The van der Waals surface area contributed by atoms with E-state index in [9.17, 15) is 9.18 Å². The Hall–Kier alpha value is -1.13. The SMILES string of the molecule is O=C(c1ccc(Cl)c(F)c1)N1CCNC2(CC2)C1. The number of benzene rings is 1. The Bertz CT molecular complexity index is 502. The molecule has 1 aliphatic heterocycles. The predicted molar refractivity (Wildman–Crippen MR) is 67.3 cm³/mol. The highest BCUT2D eigenvalue weighted by Gasteiger charge is 2.46. The molecule has 18 heavy (non-hydrogen) atoms. The summed E-state index contributed by atoms with van der Waals surface area (Å²) in [6.07, 6.45) is 2.23. The number of amides is 1. The molecular formula is C13H14ClFN2O. The maximum absolute atomic E-state index is 13.4. The van der Waals surface area contributed by atoms with Crippen LogP contribution < -0.4 is 5.32 Å². The Morgan fingerprint density at radius 2 is 2.22 bits per heavy atom. The van der Waals surface area contributed by atoms with Gasteiger partial charge in [-0.1, -0.05) is 11.6 Å². The van der Waals surface area contributed by atoms with E-state index in [4.69, 9.17) is 11.6 Å². The zero-order valence-corrected chi connectivity index (χ0v) is 10.6. The van der Waals surface area contributed by atoms with Gasteiger partial charge < -0.3 is 10.2 Å². The third-order valence-corrected chi connectivity index (χ3v) is 3.99. The third-order valence-electron chi connectivity index (χ3n) is 3.68. The highest BCUT2D eigenvalue weighted by atomic mass is 35.5. The second-order valence-electron chi connectivity index (χ2n) is 5.06. The number of nitrogens with zero attached hydrogens (tertiary/aromatic N) is 1. The fourth-order valence-corrected chi connectivity index (χ4v) is 2.54. The van der Waals surface area contributed by atoms with Crippen molar-refractivity contribution in [2.75, 3.05) is 19.6 Å². The molecule has 1 aromatic rings. The van der Waals surface area contributed by atoms with Crippen molar-refractivity contribution in [2.24, 2.45) is 0 Å². The van der Waals surface area contributed by atoms with Crippen LogP contribution in [0.15, 0.2) is 18.2 Å². The highest BCUT2D eigenvalue weighted by molar-refractivity contribution is 6.30. The summed E-state index contributed by atoms with van der Waals surface area (Å²) in [7, 11) is 0. The maximum Gasteiger partial charge on any atom is 0.254 e. The fourth-order valence-electron chi connectivity index (χ4n) is 2.43. The molecule has 1 saturated heterocycles. The number of carbonyl (C=O) groups is 1. The predicted octanol–water partition coefficient (Wildman–Crippen LogP) is 2.06. The van der Waals surface area contributed by atoms with Gasteiger partial charge in [0, 0.05) is 30.7 Å². The van der Waals surface area contributed by atoms with Crippen LogP contribution in [0.2, 0.25) is 5.02 Å². The molecule has 1 saturated carbocycles. The van der Waals surface area contributed by atoms with Crippen molar-refractivity contribution in [3.05, 3.63) is 34.6 Å². The van der Waals surface area contributed by atoms with Crippen molar-refractivity contribution in [3.8, 4) is 0 Å². The van der Waals surface area contributed by atoms with Crippen LogP contribution in [0.4, 0.5) is 4.39 Å². The molecule has 0 unspecified atom stereocenters. The summed E-state index contributed by atoms with van der Waals surface area (Å²) < 4.78 is 13.4. The van der Waals surface area contributed by atoms with Gasteiger partial charge in [-0.3, -0.25) is 4.79 Å². The smallest absolute Gasteiger partial charge is 0.254 e. The molecule has 96 valence electrons. The van der Waals surface area contributed by atoms with Crippen LogP contribution in [-0.4, -0.2) is 36.0 Å². The van der Waals surface area contributed by atoms with Crippen LogP contribution in [-0.2, 0) is 0 Å². The van der Waals surface area contributed by atoms with Crippen LogP contribution in [0.3, 0.4) is 0 Å². The monoisotopic (exact) mass is 268 g/mol. The fraction of sp³-hybridized carbons (Fsp3) is 0.462. The molecule has 0 bridgehead atoms. The van der Waals surface area contributed by atoms with Crippen LogP contribution in [0.25, 0.3) is 0 Å². The Morgan fingerprint density at radius 1 is 1.44 bits per heavy atom. The number of rotatable bonds is 1. The van der Waals surface area contributed by atoms with Gasteiger partial charge in [0.05, 0.1) is 5.02 Å². The first-order valence-corrected chi connectivity index (χ1v) is 6.47. The summed E-state index contributed by atoms with van der Waals surface area (Å²) in [5, 5.41) is 3.48. The Labute approximate surface area is 110 Å². The van der Waals surface area contributed by atoms with Gasteiger partial charge in [0.15, 0.2) is 0 Å². The maximum atomic E-state index is 13.4. The quantitative estimate of drug-likeness (QED) is 0.846. The minimum absolute atomic E-state index is 0.0468. The molecule has 5 heteroatoms. The van der Waals surface area contributed by atoms with Crippen LogP contribution >= 0.6 is 11.6 Å². The summed E-state index contributed by atoms with van der Waals surface area (Å²) in [6.45, 7) is 2.20. The Kier molecular flexibility index (Phi) is 2.79. The zero-order chi connectivity index (χ0) is 12.8. The molecule has 1 N–H and O–H groups in total. The van der Waals surface area contributed by atoms with Gasteiger partial charge in [0.25, 0.3) is 5.91 Å². The van der Waals surface area contributed by atoms with E-state index in [0.717, 1.165) is 25.9 Å². The second-order valence-corrected chi connectivity index (χ2v) is 5.47. The number of hydrogen-bond donors (Lipinski definition) is 1. The molecule has 0 atom stereocenters. The lowest BCUT2D eigenvalue weighted by Crippen LogP contribution is -2.54. The lowest BCUT2D eigenvalue weighted by molar-refractivity contribution is 0.0691. The number of piperazine rings is 1. The van der Waals surface area contributed by atoms with E-state index in [1.165, 1.54) is 12.1 Å². The number of carbonyl (C=O) groups excluding carboxylic acids is 1. The first kappa shape index (κ1) is 11.9. The summed E-state index contributed by atoms with van der Waals surface area (Å²) in [5.41, 5.74) is 0.508. The number of nitrogens with one attached hydrogen (secondary N) is 1. The molecule has 1 aromatic carbocycles. The van der Waals surface area contributed by atoms with E-state index < -0.39 is 5.82 Å². The summed E-state index contributed by atoms with van der Waals surface area (Å²) >= 11 is 5.62. The lowest BCUT2D eigenvalue weighted by Gasteiger charge is -2.34. The van der Waals surface area contributed by atoms with Gasteiger partial charge in [0.1, 0.15) is 5.82 Å². The number of halogens is 2. The minimum Gasteiger partial charge on any atom is -0.336 e. The molecular weight excluding hydrogens is 255 g/mol. The molecule has 2 aliphatic rings. The van der Waals surface area contributed by atoms with Crippen molar-refractivity contribution < 1.29 is 9.18 Å². The van der Waals surface area contributed by atoms with Gasteiger partial charge in [-0.25, -0.2) is 4.39 Å². The molecule has 0 aromatic heterocycles. The first-order valence-electron chi connectivity index (χ1n) is 6.09. The third kappa shape index (κ3) is 2.10. The van der Waals surface area contributed by atoms with E-state index >= 15 is 0 Å². The molecule has 0 radical (unpaired) electrons. The lowest BCUT2D eigenvalue weighted by atomic mass is 10.1. The van der Waals surface area contributed by atoms with Crippen LogP contribution in [0.1, 0.15) is 23.2 Å². The van der Waals surface area contributed by atoms with Gasteiger partial charge >= 0.3 is 0 Å². The van der Waals surface area contributed by atoms with Crippen molar-refractivity contribution in [1.82, 2.24) is 10.2 Å². The van der Waals surface area contributed by atoms with E-state index in [1.807, 2.05) is 0 Å². The van der Waals surface area contributed by atoms with E-state index in [0.29, 0.717) is 12.1 Å². The summed E-state index contributed by atoms with van der Waals surface area (Å²) in [6, 6.07) is 4.22. The molecule has 3 nitrogen and oxygen atoms in total. The normalized spacial score (nSPS) is 21.1. The summed E-state index contributed by atoms with van der Waals surface area (Å²) in [4.78, 5) is 14.1. The van der Waals surface area contributed by atoms with Crippen molar-refractivity contribution in [3.63, 3.8) is 0 Å². The second kappa shape index (κ2) is 4.21. The molecule has 3 rings (SSSR count). The van der Waals surface area contributed by atoms with Crippen LogP contribution in [0.5, 0.6) is 0 Å². The van der Waals surface area contributed by atoms with E-state index in [2.05, 4.69) is 5.32 Å². The first-order chi connectivity index (χ1) is 8.60. The standard InChI is InChI=1S/C13H14ClFN2O/c14-10-2-1-9(7-11(10)15)12(18)17-6-5-16-13(8-17)3-4-13/h1-2,7,16H,3-6,8H2.